The molecule has 0 radical (unpaired) electrons. The van der Waals surface area contributed by atoms with E-state index in [-0.39, 0.29) is 5.69 Å². The normalized spacial score (nSPS) is 11.1. The van der Waals surface area contributed by atoms with Gasteiger partial charge in [-0.1, -0.05) is 42.5 Å². The van der Waals surface area contributed by atoms with Crippen molar-refractivity contribution in [1.29, 1.82) is 0 Å². The van der Waals surface area contributed by atoms with Gasteiger partial charge >= 0.3 is 6.18 Å². The summed E-state index contributed by atoms with van der Waals surface area (Å²) in [6.07, 6.45) is -4.62. The smallest absolute Gasteiger partial charge is 0.340 e. The van der Waals surface area contributed by atoms with Crippen molar-refractivity contribution in [2.45, 2.75) is 19.6 Å². The van der Waals surface area contributed by atoms with E-state index in [4.69, 9.17) is 0 Å². The summed E-state index contributed by atoms with van der Waals surface area (Å²) in [5, 5.41) is 0. The van der Waals surface area contributed by atoms with Crippen molar-refractivity contribution in [3.63, 3.8) is 0 Å². The second-order valence-corrected chi connectivity index (χ2v) is 5.86. The zero-order valence-electron chi connectivity index (χ0n) is 14.5. The van der Waals surface area contributed by atoms with Crippen molar-refractivity contribution in [2.75, 3.05) is 18.5 Å². The van der Waals surface area contributed by atoms with Gasteiger partial charge in [0.05, 0.1) is 11.3 Å². The van der Waals surface area contributed by atoms with E-state index in [1.54, 1.807) is 7.05 Å². The number of para-hydroxylation sites is 1. The maximum Gasteiger partial charge on any atom is 0.418 e. The van der Waals surface area contributed by atoms with E-state index in [1.807, 2.05) is 30.3 Å². The Morgan fingerprint density at radius 1 is 0.962 bits per heavy atom. The summed E-state index contributed by atoms with van der Waals surface area (Å²) in [7, 11) is 1.54. The van der Waals surface area contributed by atoms with E-state index in [2.05, 4.69) is 0 Å². The van der Waals surface area contributed by atoms with Gasteiger partial charge in [-0.3, -0.25) is 9.59 Å². The highest BCUT2D eigenvalue weighted by Gasteiger charge is 2.35. The lowest BCUT2D eigenvalue weighted by molar-refractivity contribution is -0.137. The third-order valence-electron chi connectivity index (χ3n) is 3.86. The Kier molecular flexibility index (Phi) is 6.02. The van der Waals surface area contributed by atoms with Crippen LogP contribution in [0.5, 0.6) is 0 Å². The van der Waals surface area contributed by atoms with Crippen LogP contribution in [0, 0.1) is 0 Å². The molecule has 0 spiro atoms. The summed E-state index contributed by atoms with van der Waals surface area (Å²) in [5.41, 5.74) is -0.393. The number of carbonyl (C=O) groups excluding carboxylic acids is 2. The van der Waals surface area contributed by atoms with Gasteiger partial charge in [0, 0.05) is 20.5 Å². The largest absolute Gasteiger partial charge is 0.418 e. The second kappa shape index (κ2) is 8.03. The number of hydrogen-bond donors (Lipinski definition) is 0. The highest BCUT2D eigenvalue weighted by atomic mass is 19.4. The molecular weight excluding hydrogens is 345 g/mol. The lowest BCUT2D eigenvalue weighted by Crippen LogP contribution is -2.41. The Morgan fingerprint density at radius 3 is 2.12 bits per heavy atom. The molecule has 2 rings (SSSR count). The fourth-order valence-corrected chi connectivity index (χ4v) is 2.52. The van der Waals surface area contributed by atoms with Gasteiger partial charge in [-0.25, -0.2) is 0 Å². The number of anilines is 1. The zero-order valence-corrected chi connectivity index (χ0v) is 14.5. The summed E-state index contributed by atoms with van der Waals surface area (Å²) in [6.45, 7) is 0.968. The van der Waals surface area contributed by atoms with Gasteiger partial charge in [-0.05, 0) is 17.7 Å². The predicted molar refractivity (Wildman–Crippen MR) is 92.4 cm³/mol. The molecule has 138 valence electrons. The van der Waals surface area contributed by atoms with Gasteiger partial charge in [0.1, 0.15) is 6.54 Å². The minimum absolute atomic E-state index is 0.298. The van der Waals surface area contributed by atoms with E-state index >= 15 is 0 Å². The van der Waals surface area contributed by atoms with Gasteiger partial charge in [-0.2, -0.15) is 13.2 Å². The highest BCUT2D eigenvalue weighted by Crippen LogP contribution is 2.36. The molecule has 0 heterocycles. The molecule has 0 N–H and O–H groups in total. The van der Waals surface area contributed by atoms with Crippen LogP contribution in [0.4, 0.5) is 18.9 Å². The summed E-state index contributed by atoms with van der Waals surface area (Å²) < 4.78 is 39.7. The van der Waals surface area contributed by atoms with Crippen LogP contribution in [0.25, 0.3) is 0 Å². The quantitative estimate of drug-likeness (QED) is 0.811. The van der Waals surface area contributed by atoms with Crippen LogP contribution in [0.15, 0.2) is 54.6 Å². The summed E-state index contributed by atoms with van der Waals surface area (Å²) >= 11 is 0. The summed E-state index contributed by atoms with van der Waals surface area (Å²) in [4.78, 5) is 26.6. The maximum absolute atomic E-state index is 13.2. The first-order valence-electron chi connectivity index (χ1n) is 7.92. The number of hydrogen-bond acceptors (Lipinski definition) is 2. The molecule has 0 aliphatic heterocycles. The number of benzene rings is 2. The van der Waals surface area contributed by atoms with Crippen LogP contribution in [0.1, 0.15) is 18.1 Å². The number of rotatable bonds is 5. The molecule has 0 aliphatic carbocycles. The molecule has 0 aliphatic rings. The number of carbonyl (C=O) groups is 2. The van der Waals surface area contributed by atoms with E-state index in [0.29, 0.717) is 6.54 Å². The number of likely N-dealkylation sites (N-methyl/N-ethyl adjacent to an activating group) is 1. The lowest BCUT2D eigenvalue weighted by atomic mass is 10.1. The minimum Gasteiger partial charge on any atom is -0.340 e. The Bertz CT molecular complexity index is 776. The molecule has 2 amide bonds. The third kappa shape index (κ3) is 4.84. The molecule has 0 atom stereocenters. The minimum atomic E-state index is -4.62. The van der Waals surface area contributed by atoms with Crippen LogP contribution < -0.4 is 4.90 Å². The van der Waals surface area contributed by atoms with Crippen LogP contribution in [-0.4, -0.2) is 30.3 Å². The first-order chi connectivity index (χ1) is 12.2. The fraction of sp³-hybridized carbons (Fsp3) is 0.263. The number of alkyl halides is 3. The van der Waals surface area contributed by atoms with Crippen molar-refractivity contribution < 1.29 is 22.8 Å². The van der Waals surface area contributed by atoms with Crippen LogP contribution >= 0.6 is 0 Å². The van der Waals surface area contributed by atoms with Crippen molar-refractivity contribution in [3.05, 3.63) is 65.7 Å². The zero-order chi connectivity index (χ0) is 19.3. The molecule has 2 aromatic rings. The first kappa shape index (κ1) is 19.5. The molecule has 2 aromatic carbocycles. The van der Waals surface area contributed by atoms with Gasteiger partial charge in [0.2, 0.25) is 11.8 Å². The maximum atomic E-state index is 13.2. The predicted octanol–water partition coefficient (Wildman–Crippen LogP) is 3.72. The summed E-state index contributed by atoms with van der Waals surface area (Å²) in [5.74, 6) is -1.09. The molecule has 0 fully saturated rings. The second-order valence-electron chi connectivity index (χ2n) is 5.86. The molecule has 0 saturated carbocycles. The van der Waals surface area contributed by atoms with Gasteiger partial charge in [-0.15, -0.1) is 0 Å². The Hall–Kier alpha value is -2.83. The Labute approximate surface area is 149 Å². The SMILES string of the molecule is CC(=O)N(CC(=O)N(C)Cc1ccccc1)c1ccccc1C(F)(F)F. The van der Waals surface area contributed by atoms with Crippen molar-refractivity contribution in [3.8, 4) is 0 Å². The van der Waals surface area contributed by atoms with E-state index < -0.39 is 30.1 Å². The van der Waals surface area contributed by atoms with Crippen LogP contribution in [-0.2, 0) is 22.3 Å². The van der Waals surface area contributed by atoms with Crippen molar-refractivity contribution in [1.82, 2.24) is 4.90 Å². The molecular formula is C19H19F3N2O2. The molecule has 26 heavy (non-hydrogen) atoms. The molecule has 0 aromatic heterocycles. The molecule has 7 heteroatoms. The molecule has 0 bridgehead atoms. The van der Waals surface area contributed by atoms with E-state index in [1.165, 1.54) is 23.1 Å². The van der Waals surface area contributed by atoms with Gasteiger partial charge in [0.15, 0.2) is 0 Å². The number of halogens is 3. The average molecular weight is 364 g/mol. The van der Waals surface area contributed by atoms with Gasteiger partial charge in [0.25, 0.3) is 0 Å². The van der Waals surface area contributed by atoms with Crippen LogP contribution in [0.3, 0.4) is 0 Å². The number of nitrogens with zero attached hydrogens (tertiary/aromatic N) is 2. The Balaban J connectivity index is 2.21. The molecule has 0 unspecified atom stereocenters. The third-order valence-corrected chi connectivity index (χ3v) is 3.86. The van der Waals surface area contributed by atoms with E-state index in [0.717, 1.165) is 23.5 Å². The average Bonchev–Trinajstić information content (AvgIpc) is 2.59. The highest BCUT2D eigenvalue weighted by molar-refractivity contribution is 5.98. The molecule has 4 nitrogen and oxygen atoms in total. The van der Waals surface area contributed by atoms with Crippen molar-refractivity contribution in [2.24, 2.45) is 0 Å². The molecule has 0 saturated heterocycles. The summed E-state index contributed by atoms with van der Waals surface area (Å²) in [6, 6.07) is 13.9. The standard InChI is InChI=1S/C19H19F3N2O2/c1-14(25)24(17-11-7-6-10-16(17)19(20,21)22)13-18(26)23(2)12-15-8-4-3-5-9-15/h3-11H,12-13H2,1-2H3. The lowest BCUT2D eigenvalue weighted by Gasteiger charge is -2.26. The number of amides is 2. The van der Waals surface area contributed by atoms with Crippen LogP contribution in [0.2, 0.25) is 0 Å². The fourth-order valence-electron chi connectivity index (χ4n) is 2.52. The Morgan fingerprint density at radius 2 is 1.54 bits per heavy atom. The topological polar surface area (TPSA) is 40.6 Å². The van der Waals surface area contributed by atoms with E-state index in [9.17, 15) is 22.8 Å². The van der Waals surface area contributed by atoms with Crippen molar-refractivity contribution >= 4 is 17.5 Å². The first-order valence-corrected chi connectivity index (χ1v) is 7.92. The monoisotopic (exact) mass is 364 g/mol. The van der Waals surface area contributed by atoms with Gasteiger partial charge < -0.3 is 9.80 Å².